The highest BCUT2D eigenvalue weighted by molar-refractivity contribution is 9.10. The summed E-state index contributed by atoms with van der Waals surface area (Å²) in [6, 6.07) is 14.4. The molecule has 0 atom stereocenters. The van der Waals surface area contributed by atoms with Crippen molar-refractivity contribution in [3.8, 4) is 5.75 Å². The molecule has 1 heterocycles. The summed E-state index contributed by atoms with van der Waals surface area (Å²) >= 11 is 3.42. The maximum absolute atomic E-state index is 11.8. The lowest BCUT2D eigenvalue weighted by Crippen LogP contribution is -2.16. The smallest absolute Gasteiger partial charge is 0.344 e. The Morgan fingerprint density at radius 3 is 2.77 bits per heavy atom. The number of carbonyl (C=O) groups is 2. The molecule has 0 saturated heterocycles. The molecule has 0 aliphatic carbocycles. The van der Waals surface area contributed by atoms with Gasteiger partial charge in [-0.25, -0.2) is 4.79 Å². The van der Waals surface area contributed by atoms with Gasteiger partial charge in [0.25, 0.3) is 0 Å². The van der Waals surface area contributed by atoms with Gasteiger partial charge in [-0.3, -0.25) is 4.79 Å². The second-order valence-electron chi connectivity index (χ2n) is 5.74. The summed E-state index contributed by atoms with van der Waals surface area (Å²) in [6.45, 7) is 1.47. The van der Waals surface area contributed by atoms with Crippen LogP contribution in [0, 0.1) is 0 Å². The Balaban J connectivity index is 1.46. The van der Waals surface area contributed by atoms with E-state index in [0.29, 0.717) is 17.7 Å². The SMILES string of the molecule is CC(=O)c1cccc(OCC(=O)OCCc2cc3cc(Br)ccc3o2)c1. The number of hydrogen-bond donors (Lipinski definition) is 0. The van der Waals surface area contributed by atoms with Crippen molar-refractivity contribution in [3.63, 3.8) is 0 Å². The maximum Gasteiger partial charge on any atom is 0.344 e. The molecule has 0 saturated carbocycles. The Labute approximate surface area is 159 Å². The Kier molecular flexibility index (Phi) is 5.73. The Bertz CT molecular complexity index is 944. The first-order valence-electron chi connectivity index (χ1n) is 8.08. The van der Waals surface area contributed by atoms with Crippen LogP contribution in [-0.4, -0.2) is 25.0 Å². The standard InChI is InChI=1S/C20H17BrO5/c1-13(22)14-3-2-4-17(10-14)25-12-20(23)24-8-7-18-11-15-9-16(21)5-6-19(15)26-18/h2-6,9-11H,7-8,12H2,1H3. The summed E-state index contributed by atoms with van der Waals surface area (Å²) in [5.74, 6) is 0.673. The lowest BCUT2D eigenvalue weighted by molar-refractivity contribution is -0.145. The third-order valence-corrected chi connectivity index (χ3v) is 4.23. The van der Waals surface area contributed by atoms with Gasteiger partial charge in [0, 0.05) is 21.8 Å². The van der Waals surface area contributed by atoms with Gasteiger partial charge in [0.15, 0.2) is 12.4 Å². The molecule has 0 aliphatic heterocycles. The number of ether oxygens (including phenoxy) is 2. The van der Waals surface area contributed by atoms with Crippen LogP contribution in [0.25, 0.3) is 11.0 Å². The first-order chi connectivity index (χ1) is 12.5. The van der Waals surface area contributed by atoms with E-state index in [-0.39, 0.29) is 19.0 Å². The van der Waals surface area contributed by atoms with Crippen LogP contribution in [0.4, 0.5) is 0 Å². The van der Waals surface area contributed by atoms with Gasteiger partial charge in [0.05, 0.1) is 6.61 Å². The number of benzene rings is 2. The summed E-state index contributed by atoms with van der Waals surface area (Å²) in [6.07, 6.45) is 0.484. The van der Waals surface area contributed by atoms with Crippen LogP contribution in [0.2, 0.25) is 0 Å². The minimum Gasteiger partial charge on any atom is -0.482 e. The van der Waals surface area contributed by atoms with Crippen molar-refractivity contribution < 1.29 is 23.5 Å². The highest BCUT2D eigenvalue weighted by atomic mass is 79.9. The minimum atomic E-state index is -0.475. The molecule has 0 aliphatic rings. The van der Waals surface area contributed by atoms with Gasteiger partial charge >= 0.3 is 5.97 Å². The monoisotopic (exact) mass is 416 g/mol. The lowest BCUT2D eigenvalue weighted by Gasteiger charge is -2.07. The van der Waals surface area contributed by atoms with E-state index in [1.165, 1.54) is 6.92 Å². The van der Waals surface area contributed by atoms with Crippen molar-refractivity contribution in [1.29, 1.82) is 0 Å². The second kappa shape index (κ2) is 8.19. The Morgan fingerprint density at radius 2 is 1.96 bits per heavy atom. The van der Waals surface area contributed by atoms with Crippen molar-refractivity contribution >= 4 is 38.7 Å². The van der Waals surface area contributed by atoms with Crippen LogP contribution in [0.15, 0.2) is 57.4 Å². The van der Waals surface area contributed by atoms with E-state index in [1.807, 2.05) is 24.3 Å². The lowest BCUT2D eigenvalue weighted by atomic mass is 10.1. The first-order valence-corrected chi connectivity index (χ1v) is 8.88. The highest BCUT2D eigenvalue weighted by Gasteiger charge is 2.08. The molecule has 5 nitrogen and oxygen atoms in total. The number of halogens is 1. The van der Waals surface area contributed by atoms with Crippen LogP contribution in [0.1, 0.15) is 23.0 Å². The molecule has 3 aromatic rings. The largest absolute Gasteiger partial charge is 0.482 e. The predicted molar refractivity (Wildman–Crippen MR) is 101 cm³/mol. The topological polar surface area (TPSA) is 65.7 Å². The normalized spacial score (nSPS) is 10.7. The van der Waals surface area contributed by atoms with E-state index in [9.17, 15) is 9.59 Å². The van der Waals surface area contributed by atoms with E-state index in [4.69, 9.17) is 13.9 Å². The third kappa shape index (κ3) is 4.73. The molecule has 134 valence electrons. The van der Waals surface area contributed by atoms with Crippen molar-refractivity contribution in [3.05, 3.63) is 64.3 Å². The fourth-order valence-corrected chi connectivity index (χ4v) is 2.83. The average Bonchev–Trinajstić information content (AvgIpc) is 3.02. The quantitative estimate of drug-likeness (QED) is 0.417. The molecule has 0 fully saturated rings. The van der Waals surface area contributed by atoms with E-state index < -0.39 is 5.97 Å². The molecular formula is C20H17BrO5. The number of Topliss-reactive ketones (excluding diaryl/α,β-unsaturated/α-hetero) is 1. The molecule has 1 aromatic heterocycles. The van der Waals surface area contributed by atoms with E-state index >= 15 is 0 Å². The van der Waals surface area contributed by atoms with Gasteiger partial charge in [-0.05, 0) is 43.3 Å². The van der Waals surface area contributed by atoms with Gasteiger partial charge in [0.2, 0.25) is 0 Å². The molecule has 0 N–H and O–H groups in total. The Hall–Kier alpha value is -2.60. The highest BCUT2D eigenvalue weighted by Crippen LogP contribution is 2.23. The zero-order valence-corrected chi connectivity index (χ0v) is 15.7. The fraction of sp³-hybridized carbons (Fsp3) is 0.200. The zero-order chi connectivity index (χ0) is 18.5. The van der Waals surface area contributed by atoms with Crippen LogP contribution >= 0.6 is 15.9 Å². The third-order valence-electron chi connectivity index (χ3n) is 3.74. The van der Waals surface area contributed by atoms with E-state index in [2.05, 4.69) is 15.9 Å². The maximum atomic E-state index is 11.8. The number of esters is 1. The number of ketones is 1. The molecule has 0 spiro atoms. The fourth-order valence-electron chi connectivity index (χ4n) is 2.45. The Morgan fingerprint density at radius 1 is 1.12 bits per heavy atom. The van der Waals surface area contributed by atoms with Gasteiger partial charge in [-0.1, -0.05) is 28.1 Å². The van der Waals surface area contributed by atoms with Crippen LogP contribution < -0.4 is 4.74 Å². The van der Waals surface area contributed by atoms with E-state index in [1.54, 1.807) is 24.3 Å². The molecule has 3 rings (SSSR count). The summed E-state index contributed by atoms with van der Waals surface area (Å²) < 4.78 is 17.2. The molecule has 26 heavy (non-hydrogen) atoms. The van der Waals surface area contributed by atoms with E-state index in [0.717, 1.165) is 21.2 Å². The van der Waals surface area contributed by atoms with Gasteiger partial charge in [0.1, 0.15) is 17.1 Å². The molecule has 0 radical (unpaired) electrons. The molecule has 0 amide bonds. The second-order valence-corrected chi connectivity index (χ2v) is 6.65. The van der Waals surface area contributed by atoms with Crippen molar-refractivity contribution in [2.24, 2.45) is 0 Å². The molecule has 2 aromatic carbocycles. The number of hydrogen-bond acceptors (Lipinski definition) is 5. The summed E-state index contributed by atoms with van der Waals surface area (Å²) in [5, 5.41) is 0.995. The van der Waals surface area contributed by atoms with Gasteiger partial charge < -0.3 is 13.9 Å². The number of carbonyl (C=O) groups excluding carboxylic acids is 2. The number of fused-ring (bicyclic) bond motifs is 1. The van der Waals surface area contributed by atoms with Crippen molar-refractivity contribution in [1.82, 2.24) is 0 Å². The molecular weight excluding hydrogens is 400 g/mol. The van der Waals surface area contributed by atoms with Gasteiger partial charge in [-0.15, -0.1) is 0 Å². The molecule has 6 heteroatoms. The van der Waals surface area contributed by atoms with Crippen LogP contribution in [0.3, 0.4) is 0 Å². The first kappa shape index (κ1) is 18.2. The summed E-state index contributed by atoms with van der Waals surface area (Å²) in [5.41, 5.74) is 1.33. The van der Waals surface area contributed by atoms with Crippen molar-refractivity contribution in [2.75, 3.05) is 13.2 Å². The molecule has 0 unspecified atom stereocenters. The van der Waals surface area contributed by atoms with Crippen molar-refractivity contribution in [2.45, 2.75) is 13.3 Å². The minimum absolute atomic E-state index is 0.0594. The van der Waals surface area contributed by atoms with Crippen LogP contribution in [0.5, 0.6) is 5.75 Å². The zero-order valence-electron chi connectivity index (χ0n) is 14.2. The summed E-state index contributed by atoms with van der Waals surface area (Å²) in [4.78, 5) is 23.1. The average molecular weight is 417 g/mol. The number of furan rings is 1. The predicted octanol–water partition coefficient (Wildman–Crippen LogP) is 4.56. The van der Waals surface area contributed by atoms with Crippen LogP contribution in [-0.2, 0) is 16.0 Å². The summed E-state index contributed by atoms with van der Waals surface area (Å²) in [7, 11) is 0. The molecule has 0 bridgehead atoms. The van der Waals surface area contributed by atoms with Gasteiger partial charge in [-0.2, -0.15) is 0 Å². The number of rotatable bonds is 7.